The van der Waals surface area contributed by atoms with Crippen LogP contribution >= 0.6 is 0 Å². The van der Waals surface area contributed by atoms with Gasteiger partial charge in [-0.2, -0.15) is 0 Å². The summed E-state index contributed by atoms with van der Waals surface area (Å²) < 4.78 is 30.7. The van der Waals surface area contributed by atoms with E-state index >= 15 is 0 Å². The Hall–Kier alpha value is -2.87. The Morgan fingerprint density at radius 2 is 1.79 bits per heavy atom. The van der Waals surface area contributed by atoms with Gasteiger partial charge in [-0.15, -0.1) is 0 Å². The number of ketones is 1. The van der Waals surface area contributed by atoms with Crippen LogP contribution in [0.25, 0.3) is 0 Å². The molecule has 2 aromatic rings. The largest absolute Gasteiger partial charge is 0.487 e. The molecule has 0 saturated carbocycles. The first-order valence-corrected chi connectivity index (χ1v) is 8.71. The number of rotatable bonds is 7. The van der Waals surface area contributed by atoms with Crippen LogP contribution in [-0.2, 0) is 21.4 Å². The van der Waals surface area contributed by atoms with Gasteiger partial charge in [0.15, 0.2) is 0 Å². The van der Waals surface area contributed by atoms with Gasteiger partial charge < -0.3 is 9.84 Å². The van der Waals surface area contributed by atoms with E-state index in [2.05, 4.69) is 4.72 Å². The molecule has 2 rings (SSSR count). The lowest BCUT2D eigenvalue weighted by atomic mass is 10.1. The highest BCUT2D eigenvalue weighted by atomic mass is 32.2. The van der Waals surface area contributed by atoms with Crippen LogP contribution in [0.2, 0.25) is 0 Å². The Morgan fingerprint density at radius 3 is 2.38 bits per heavy atom. The van der Waals surface area contributed by atoms with E-state index in [0.29, 0.717) is 0 Å². The fourth-order valence-corrected chi connectivity index (χ4v) is 2.49. The van der Waals surface area contributed by atoms with Gasteiger partial charge in [-0.3, -0.25) is 9.52 Å². The lowest BCUT2D eigenvalue weighted by molar-refractivity contribution is -0.131. The van der Waals surface area contributed by atoms with Crippen molar-refractivity contribution >= 4 is 27.5 Å². The van der Waals surface area contributed by atoms with Crippen LogP contribution in [0, 0.1) is 0 Å². The number of carbonyl (C=O) groups excluding carboxylic acids is 1. The third kappa shape index (κ3) is 4.82. The molecular weight excluding hydrogens is 334 g/mol. The molecule has 0 atom stereocenters. The summed E-state index contributed by atoms with van der Waals surface area (Å²) in [5.74, 6) is -2.58. The molecule has 0 unspecified atom stereocenters. The van der Waals surface area contributed by atoms with Crippen LogP contribution < -0.4 is 9.46 Å². The molecule has 0 fully saturated rings. The molecule has 0 aromatic heterocycles. The highest BCUT2D eigenvalue weighted by Gasteiger charge is 2.18. The van der Waals surface area contributed by atoms with Crippen molar-refractivity contribution in [1.29, 1.82) is 0 Å². The standard InChI is InChI=1S/C16H15NO6S/c1-24(21,22)17-13-9-12(15(18)16(19)20)7-8-14(13)23-10-11-5-3-2-4-6-11/h2-9,17H,10H2,1H3,(H,19,20). The van der Waals surface area contributed by atoms with Crippen molar-refractivity contribution in [2.45, 2.75) is 6.61 Å². The van der Waals surface area contributed by atoms with Crippen molar-refractivity contribution in [3.8, 4) is 5.75 Å². The van der Waals surface area contributed by atoms with Crippen LogP contribution in [0.3, 0.4) is 0 Å². The molecule has 7 nitrogen and oxygen atoms in total. The molecule has 0 saturated heterocycles. The van der Waals surface area contributed by atoms with Gasteiger partial charge in [-0.25, -0.2) is 13.2 Å². The summed E-state index contributed by atoms with van der Waals surface area (Å²) in [4.78, 5) is 22.3. The molecule has 0 bridgehead atoms. The number of carboxylic acids is 1. The molecule has 0 aliphatic heterocycles. The van der Waals surface area contributed by atoms with Crippen molar-refractivity contribution in [1.82, 2.24) is 0 Å². The monoisotopic (exact) mass is 349 g/mol. The Balaban J connectivity index is 2.31. The fraction of sp³-hybridized carbons (Fsp3) is 0.125. The van der Waals surface area contributed by atoms with Crippen LogP contribution in [0.15, 0.2) is 48.5 Å². The van der Waals surface area contributed by atoms with Gasteiger partial charge in [0.2, 0.25) is 10.0 Å². The number of aliphatic carboxylic acids is 1. The maximum absolute atomic E-state index is 11.5. The van der Waals surface area contributed by atoms with Crippen molar-refractivity contribution in [2.24, 2.45) is 0 Å². The van der Waals surface area contributed by atoms with Gasteiger partial charge in [0.05, 0.1) is 11.9 Å². The molecule has 2 N–H and O–H groups in total. The molecule has 0 aliphatic rings. The van der Waals surface area contributed by atoms with Crippen LogP contribution in [0.4, 0.5) is 5.69 Å². The Bertz CT molecular complexity index is 861. The van der Waals surface area contributed by atoms with E-state index in [0.717, 1.165) is 17.9 Å². The van der Waals surface area contributed by atoms with Crippen molar-refractivity contribution in [3.05, 3.63) is 59.7 Å². The zero-order chi connectivity index (χ0) is 17.7. The second-order valence-electron chi connectivity index (χ2n) is 4.99. The topological polar surface area (TPSA) is 110 Å². The molecule has 24 heavy (non-hydrogen) atoms. The quantitative estimate of drug-likeness (QED) is 0.584. The molecule has 2 aromatic carbocycles. The highest BCUT2D eigenvalue weighted by Crippen LogP contribution is 2.28. The van der Waals surface area contributed by atoms with Gasteiger partial charge in [-0.1, -0.05) is 30.3 Å². The number of hydrogen-bond donors (Lipinski definition) is 2. The molecule has 0 radical (unpaired) electrons. The van der Waals surface area contributed by atoms with Gasteiger partial charge in [0.1, 0.15) is 12.4 Å². The average molecular weight is 349 g/mol. The second-order valence-corrected chi connectivity index (χ2v) is 6.74. The van der Waals surface area contributed by atoms with E-state index in [4.69, 9.17) is 9.84 Å². The predicted octanol–water partition coefficient (Wildman–Crippen LogP) is 1.90. The normalized spacial score (nSPS) is 10.9. The minimum Gasteiger partial charge on any atom is -0.487 e. The smallest absolute Gasteiger partial charge is 0.377 e. The summed E-state index contributed by atoms with van der Waals surface area (Å²) in [6.45, 7) is 0.186. The van der Waals surface area contributed by atoms with Crippen LogP contribution in [0.5, 0.6) is 5.75 Å². The summed E-state index contributed by atoms with van der Waals surface area (Å²) in [6, 6.07) is 13.0. The first-order valence-electron chi connectivity index (χ1n) is 6.82. The minimum absolute atomic E-state index is 0.000492. The summed E-state index contributed by atoms with van der Waals surface area (Å²) in [7, 11) is -3.63. The molecule has 126 valence electrons. The molecule has 0 spiro atoms. The number of benzene rings is 2. The number of nitrogens with one attached hydrogen (secondary N) is 1. The summed E-state index contributed by atoms with van der Waals surface area (Å²) >= 11 is 0. The zero-order valence-electron chi connectivity index (χ0n) is 12.7. The van der Waals surface area contributed by atoms with Crippen LogP contribution in [0.1, 0.15) is 15.9 Å². The predicted molar refractivity (Wildman–Crippen MR) is 87.6 cm³/mol. The van der Waals surface area contributed by atoms with Gasteiger partial charge in [-0.05, 0) is 23.8 Å². The molecule has 0 amide bonds. The number of anilines is 1. The first kappa shape index (κ1) is 17.5. The lowest BCUT2D eigenvalue weighted by Crippen LogP contribution is -2.15. The maximum atomic E-state index is 11.5. The zero-order valence-corrected chi connectivity index (χ0v) is 13.5. The molecule has 0 heterocycles. The Morgan fingerprint density at radius 1 is 1.12 bits per heavy atom. The number of hydrogen-bond acceptors (Lipinski definition) is 5. The van der Waals surface area contributed by atoms with E-state index in [9.17, 15) is 18.0 Å². The van der Waals surface area contributed by atoms with E-state index in [1.165, 1.54) is 12.1 Å². The second kappa shape index (κ2) is 7.14. The van der Waals surface area contributed by atoms with E-state index in [-0.39, 0.29) is 23.6 Å². The Kier molecular flexibility index (Phi) is 5.20. The number of carbonyl (C=O) groups is 2. The van der Waals surface area contributed by atoms with Gasteiger partial charge in [0, 0.05) is 5.56 Å². The fourth-order valence-electron chi connectivity index (χ4n) is 1.94. The molecular formula is C16H15NO6S. The van der Waals surface area contributed by atoms with Crippen molar-refractivity contribution < 1.29 is 27.9 Å². The minimum atomic E-state index is -3.63. The van der Waals surface area contributed by atoms with Crippen molar-refractivity contribution in [2.75, 3.05) is 11.0 Å². The Labute approximate surface area is 138 Å². The third-order valence-corrected chi connectivity index (χ3v) is 3.56. The number of carboxylic acid groups (broad SMARTS) is 1. The van der Waals surface area contributed by atoms with Gasteiger partial charge >= 0.3 is 5.97 Å². The number of Topliss-reactive ketones (excluding diaryl/α,β-unsaturated/α-hetero) is 1. The summed E-state index contributed by atoms with van der Waals surface area (Å²) in [5.41, 5.74) is 0.717. The summed E-state index contributed by atoms with van der Waals surface area (Å²) in [5, 5.41) is 8.76. The van der Waals surface area contributed by atoms with E-state index < -0.39 is 21.8 Å². The van der Waals surface area contributed by atoms with Crippen LogP contribution in [-0.4, -0.2) is 31.5 Å². The molecule has 0 aliphatic carbocycles. The third-order valence-electron chi connectivity index (χ3n) is 2.97. The average Bonchev–Trinajstić information content (AvgIpc) is 2.52. The first-order chi connectivity index (χ1) is 11.3. The van der Waals surface area contributed by atoms with E-state index in [1.807, 2.05) is 30.3 Å². The lowest BCUT2D eigenvalue weighted by Gasteiger charge is -2.13. The van der Waals surface area contributed by atoms with Gasteiger partial charge in [0.25, 0.3) is 5.78 Å². The maximum Gasteiger partial charge on any atom is 0.377 e. The van der Waals surface area contributed by atoms with E-state index in [1.54, 1.807) is 0 Å². The highest BCUT2D eigenvalue weighted by molar-refractivity contribution is 7.92. The van der Waals surface area contributed by atoms with Crippen molar-refractivity contribution in [3.63, 3.8) is 0 Å². The molecule has 8 heteroatoms. The number of ether oxygens (including phenoxy) is 1. The summed E-state index contributed by atoms with van der Waals surface area (Å²) in [6.07, 6.45) is 0.944. The number of sulfonamides is 1. The SMILES string of the molecule is CS(=O)(=O)Nc1cc(C(=O)C(=O)O)ccc1OCc1ccccc1.